The van der Waals surface area contributed by atoms with Crippen LogP contribution in [0.5, 0.6) is 0 Å². The van der Waals surface area contributed by atoms with Crippen LogP contribution in [-0.4, -0.2) is 16.7 Å². The monoisotopic (exact) mass is 292 g/mol. The zero-order valence-corrected chi connectivity index (χ0v) is 12.9. The van der Waals surface area contributed by atoms with E-state index in [0.717, 1.165) is 4.90 Å². The van der Waals surface area contributed by atoms with Crippen LogP contribution in [0, 0.1) is 28.9 Å². The first-order valence-corrected chi connectivity index (χ1v) is 6.80. The van der Waals surface area contributed by atoms with Crippen LogP contribution >= 0.6 is 0 Å². The van der Waals surface area contributed by atoms with Gasteiger partial charge < -0.3 is 0 Å². The van der Waals surface area contributed by atoms with Crippen LogP contribution in [0.1, 0.15) is 33.3 Å². The zero-order chi connectivity index (χ0) is 16.3. The summed E-state index contributed by atoms with van der Waals surface area (Å²) in [5.41, 5.74) is 0.352. The van der Waals surface area contributed by atoms with Crippen molar-refractivity contribution in [3.05, 3.63) is 33.9 Å². The topological polar surface area (TPSA) is 80.5 Å². The maximum absolute atomic E-state index is 12.4. The number of nitro groups is 1. The molecule has 0 saturated heterocycles. The Morgan fingerprint density at radius 3 is 1.95 bits per heavy atom. The van der Waals surface area contributed by atoms with Gasteiger partial charge in [-0.1, -0.05) is 39.8 Å². The van der Waals surface area contributed by atoms with E-state index >= 15 is 0 Å². The Kier molecular flexibility index (Phi) is 5.18. The molecule has 0 aliphatic rings. The minimum atomic E-state index is -0.573. The smallest absolute Gasteiger partial charge is 0.274 e. The molecule has 6 heteroatoms. The average molecular weight is 292 g/mol. The van der Waals surface area contributed by atoms with Crippen molar-refractivity contribution >= 4 is 23.2 Å². The van der Waals surface area contributed by atoms with Crippen molar-refractivity contribution in [2.75, 3.05) is 4.90 Å². The predicted octanol–water partition coefficient (Wildman–Crippen LogP) is 3.07. The fourth-order valence-corrected chi connectivity index (χ4v) is 1.93. The number of imide groups is 1. The van der Waals surface area contributed by atoms with Gasteiger partial charge in [-0.05, 0) is 12.5 Å². The average Bonchev–Trinajstić information content (AvgIpc) is 2.39. The molecule has 21 heavy (non-hydrogen) atoms. The van der Waals surface area contributed by atoms with Crippen LogP contribution in [0.3, 0.4) is 0 Å². The minimum Gasteiger partial charge on any atom is -0.274 e. The second-order valence-electron chi connectivity index (χ2n) is 5.52. The number of rotatable bonds is 4. The second kappa shape index (κ2) is 6.47. The second-order valence-corrected chi connectivity index (χ2v) is 5.52. The van der Waals surface area contributed by atoms with Crippen molar-refractivity contribution in [3.8, 4) is 0 Å². The fraction of sp³-hybridized carbons (Fsp3) is 0.467. The molecule has 0 saturated carbocycles. The molecule has 0 unspecified atom stereocenters. The largest absolute Gasteiger partial charge is 0.293 e. The lowest BCUT2D eigenvalue weighted by Crippen LogP contribution is -2.42. The Bertz CT molecular complexity index is 559. The molecule has 0 atom stereocenters. The van der Waals surface area contributed by atoms with E-state index in [2.05, 4.69) is 0 Å². The highest BCUT2D eigenvalue weighted by Crippen LogP contribution is 2.33. The van der Waals surface area contributed by atoms with Gasteiger partial charge in [0, 0.05) is 17.9 Å². The summed E-state index contributed by atoms with van der Waals surface area (Å²) in [5, 5.41) is 11.2. The standard InChI is InChI=1S/C15H20N2O4/c1-9(2)14(18)16(15(19)10(3)4)13-11(5)7-6-8-12(13)17(20)21/h6-10H,1-5H3. The van der Waals surface area contributed by atoms with E-state index in [1.807, 2.05) is 0 Å². The Morgan fingerprint density at radius 1 is 1.10 bits per heavy atom. The Hall–Kier alpha value is -2.24. The molecular weight excluding hydrogens is 272 g/mol. The lowest BCUT2D eigenvalue weighted by atomic mass is 10.1. The Morgan fingerprint density at radius 2 is 1.57 bits per heavy atom. The van der Waals surface area contributed by atoms with Gasteiger partial charge >= 0.3 is 0 Å². The van der Waals surface area contributed by atoms with Gasteiger partial charge in [0.1, 0.15) is 5.69 Å². The first kappa shape index (κ1) is 16.8. The summed E-state index contributed by atoms with van der Waals surface area (Å²) in [6.07, 6.45) is 0. The molecule has 2 amide bonds. The quantitative estimate of drug-likeness (QED) is 0.631. The summed E-state index contributed by atoms with van der Waals surface area (Å²) < 4.78 is 0. The molecule has 0 fully saturated rings. The first-order chi connectivity index (χ1) is 9.68. The molecule has 0 radical (unpaired) electrons. The van der Waals surface area contributed by atoms with Crippen LogP contribution in [0.15, 0.2) is 18.2 Å². The van der Waals surface area contributed by atoms with Gasteiger partial charge in [-0.3, -0.25) is 19.7 Å². The number of para-hydroxylation sites is 1. The zero-order valence-electron chi connectivity index (χ0n) is 12.9. The molecule has 0 bridgehead atoms. The molecule has 0 heterocycles. The summed E-state index contributed by atoms with van der Waals surface area (Å²) in [7, 11) is 0. The molecule has 114 valence electrons. The number of carbonyl (C=O) groups is 2. The third-order valence-electron chi connectivity index (χ3n) is 3.07. The summed E-state index contributed by atoms with van der Waals surface area (Å²) in [4.78, 5) is 36.4. The SMILES string of the molecule is Cc1cccc([N+](=O)[O-])c1N(C(=O)C(C)C)C(=O)C(C)C. The Balaban J connectivity index is 3.57. The van der Waals surface area contributed by atoms with Crippen LogP contribution in [0.2, 0.25) is 0 Å². The third kappa shape index (κ3) is 3.45. The van der Waals surface area contributed by atoms with Crippen LogP contribution in [-0.2, 0) is 9.59 Å². The van der Waals surface area contributed by atoms with Crippen LogP contribution in [0.4, 0.5) is 11.4 Å². The highest BCUT2D eigenvalue weighted by atomic mass is 16.6. The normalized spacial score (nSPS) is 10.8. The Labute approximate surface area is 123 Å². The molecule has 6 nitrogen and oxygen atoms in total. The van der Waals surface area contributed by atoms with E-state index in [9.17, 15) is 19.7 Å². The molecule has 0 N–H and O–H groups in total. The number of carbonyl (C=O) groups excluding carboxylic acids is 2. The number of aryl methyl sites for hydroxylation is 1. The first-order valence-electron chi connectivity index (χ1n) is 6.80. The van der Waals surface area contributed by atoms with Gasteiger partial charge in [0.2, 0.25) is 11.8 Å². The van der Waals surface area contributed by atoms with Crippen molar-refractivity contribution < 1.29 is 14.5 Å². The van der Waals surface area contributed by atoms with Crippen molar-refractivity contribution in [1.29, 1.82) is 0 Å². The van der Waals surface area contributed by atoms with Crippen molar-refractivity contribution in [2.24, 2.45) is 11.8 Å². The maximum atomic E-state index is 12.4. The lowest BCUT2D eigenvalue weighted by Gasteiger charge is -2.25. The summed E-state index contributed by atoms with van der Waals surface area (Å²) in [6, 6.07) is 4.49. The highest BCUT2D eigenvalue weighted by Gasteiger charge is 2.33. The lowest BCUT2D eigenvalue weighted by molar-refractivity contribution is -0.384. The highest BCUT2D eigenvalue weighted by molar-refractivity contribution is 6.17. The summed E-state index contributed by atoms with van der Waals surface area (Å²) in [5.74, 6) is -1.75. The van der Waals surface area contributed by atoms with E-state index in [1.165, 1.54) is 12.1 Å². The number of hydrogen-bond donors (Lipinski definition) is 0. The number of amides is 2. The summed E-state index contributed by atoms with van der Waals surface area (Å²) in [6.45, 7) is 8.29. The van der Waals surface area contributed by atoms with Crippen molar-refractivity contribution in [1.82, 2.24) is 0 Å². The number of anilines is 1. The fourth-order valence-electron chi connectivity index (χ4n) is 1.93. The molecule has 0 aliphatic heterocycles. The number of nitrogens with zero attached hydrogens (tertiary/aromatic N) is 2. The van der Waals surface area contributed by atoms with Gasteiger partial charge in [0.15, 0.2) is 0 Å². The van der Waals surface area contributed by atoms with Crippen LogP contribution in [0.25, 0.3) is 0 Å². The molecule has 1 aromatic rings. The minimum absolute atomic E-state index is 0.0694. The number of benzene rings is 1. The molecule has 0 aromatic heterocycles. The van der Waals surface area contributed by atoms with E-state index in [-0.39, 0.29) is 11.4 Å². The molecular formula is C15H20N2O4. The summed E-state index contributed by atoms with van der Waals surface area (Å²) >= 11 is 0. The van der Waals surface area contributed by atoms with E-state index in [1.54, 1.807) is 40.7 Å². The number of nitro benzene ring substituents is 1. The van der Waals surface area contributed by atoms with Crippen LogP contribution < -0.4 is 4.90 Å². The molecule has 1 rings (SSSR count). The third-order valence-corrected chi connectivity index (χ3v) is 3.07. The van der Waals surface area contributed by atoms with E-state index in [0.29, 0.717) is 5.56 Å². The van der Waals surface area contributed by atoms with Crippen molar-refractivity contribution in [3.63, 3.8) is 0 Å². The number of hydrogen-bond acceptors (Lipinski definition) is 4. The van der Waals surface area contributed by atoms with E-state index < -0.39 is 28.6 Å². The van der Waals surface area contributed by atoms with Crippen molar-refractivity contribution in [2.45, 2.75) is 34.6 Å². The van der Waals surface area contributed by atoms with Gasteiger partial charge in [-0.25, -0.2) is 4.90 Å². The molecule has 0 aliphatic carbocycles. The van der Waals surface area contributed by atoms with Gasteiger partial charge in [-0.2, -0.15) is 0 Å². The van der Waals surface area contributed by atoms with Gasteiger partial charge in [-0.15, -0.1) is 0 Å². The molecule has 1 aromatic carbocycles. The maximum Gasteiger partial charge on any atom is 0.293 e. The van der Waals surface area contributed by atoms with E-state index in [4.69, 9.17) is 0 Å². The molecule has 0 spiro atoms. The predicted molar refractivity (Wildman–Crippen MR) is 80.0 cm³/mol. The van der Waals surface area contributed by atoms with Gasteiger partial charge in [0.25, 0.3) is 5.69 Å². The van der Waals surface area contributed by atoms with Gasteiger partial charge in [0.05, 0.1) is 4.92 Å².